The Morgan fingerprint density at radius 1 is 1.05 bits per heavy atom. The van der Waals surface area contributed by atoms with E-state index in [4.69, 9.17) is 0 Å². The minimum atomic E-state index is -0.0622. The first-order valence-electron chi connectivity index (χ1n) is 7.19. The Hall–Kier alpha value is -2.43. The van der Waals surface area contributed by atoms with Crippen LogP contribution in [0.5, 0.6) is 0 Å². The maximum atomic E-state index is 11.2. The lowest BCUT2D eigenvalue weighted by molar-refractivity contribution is -0.115. The zero-order valence-corrected chi connectivity index (χ0v) is 12.2. The second kappa shape index (κ2) is 7.99. The van der Waals surface area contributed by atoms with Crippen molar-refractivity contribution in [1.29, 1.82) is 0 Å². The van der Waals surface area contributed by atoms with Gasteiger partial charge in [-0.15, -0.1) is 10.2 Å². The van der Waals surface area contributed by atoms with Crippen molar-refractivity contribution in [2.75, 3.05) is 17.2 Å². The van der Waals surface area contributed by atoms with Gasteiger partial charge < -0.3 is 10.6 Å². The topological polar surface area (TPSA) is 66.9 Å². The minimum absolute atomic E-state index is 0.0622. The molecule has 0 radical (unpaired) electrons. The molecule has 2 rings (SSSR count). The fourth-order valence-electron chi connectivity index (χ4n) is 1.88. The van der Waals surface area contributed by atoms with Crippen LogP contribution in [0.4, 0.5) is 11.6 Å². The largest absolute Gasteiger partial charge is 0.369 e. The fraction of sp³-hybridized carbons (Fsp3) is 0.312. The highest BCUT2D eigenvalue weighted by Gasteiger charge is 2.01. The number of amides is 1. The number of hydrogen-bond donors (Lipinski definition) is 2. The van der Waals surface area contributed by atoms with E-state index in [2.05, 4.69) is 45.1 Å². The molecule has 0 saturated carbocycles. The van der Waals surface area contributed by atoms with Crippen molar-refractivity contribution in [3.8, 4) is 0 Å². The third-order valence-electron chi connectivity index (χ3n) is 3.04. The lowest BCUT2D eigenvalue weighted by Crippen LogP contribution is -2.12. The molecule has 0 unspecified atom stereocenters. The molecule has 1 aromatic carbocycles. The van der Waals surface area contributed by atoms with E-state index < -0.39 is 0 Å². The molecule has 0 bridgehead atoms. The van der Waals surface area contributed by atoms with E-state index in [-0.39, 0.29) is 5.91 Å². The summed E-state index contributed by atoms with van der Waals surface area (Å²) < 4.78 is 0. The van der Waals surface area contributed by atoms with E-state index in [1.165, 1.54) is 5.56 Å². The summed E-state index contributed by atoms with van der Waals surface area (Å²) in [5, 5.41) is 13.9. The van der Waals surface area contributed by atoms with E-state index in [1.807, 2.05) is 12.1 Å². The van der Waals surface area contributed by atoms with E-state index in [0.717, 1.165) is 25.2 Å². The third kappa shape index (κ3) is 5.22. The normalized spacial score (nSPS) is 10.1. The average Bonchev–Trinajstić information content (AvgIpc) is 2.54. The molecule has 0 spiro atoms. The van der Waals surface area contributed by atoms with Crippen molar-refractivity contribution in [1.82, 2.24) is 10.2 Å². The van der Waals surface area contributed by atoms with Crippen LogP contribution in [0.3, 0.4) is 0 Å². The van der Waals surface area contributed by atoms with Crippen LogP contribution in [0.25, 0.3) is 0 Å². The summed E-state index contributed by atoms with van der Waals surface area (Å²) in [4.78, 5) is 11.2. The second-order valence-electron chi connectivity index (χ2n) is 4.72. The molecule has 2 N–H and O–H groups in total. The van der Waals surface area contributed by atoms with Crippen LogP contribution >= 0.6 is 0 Å². The molecule has 1 amide bonds. The van der Waals surface area contributed by atoms with Gasteiger partial charge in [0.2, 0.25) is 5.91 Å². The van der Waals surface area contributed by atoms with Gasteiger partial charge in [-0.2, -0.15) is 0 Å². The molecule has 5 heteroatoms. The van der Waals surface area contributed by atoms with Crippen molar-refractivity contribution in [2.24, 2.45) is 0 Å². The third-order valence-corrected chi connectivity index (χ3v) is 3.04. The maximum absolute atomic E-state index is 11.2. The second-order valence-corrected chi connectivity index (χ2v) is 4.72. The molecule has 0 aliphatic carbocycles. The number of benzene rings is 1. The van der Waals surface area contributed by atoms with Gasteiger partial charge in [0.1, 0.15) is 5.82 Å². The van der Waals surface area contributed by atoms with Gasteiger partial charge in [-0.05, 0) is 30.5 Å². The Morgan fingerprint density at radius 2 is 1.76 bits per heavy atom. The van der Waals surface area contributed by atoms with Gasteiger partial charge in [-0.25, -0.2) is 0 Å². The molecule has 0 atom stereocenters. The van der Waals surface area contributed by atoms with Crippen LogP contribution in [0.15, 0.2) is 42.5 Å². The summed E-state index contributed by atoms with van der Waals surface area (Å²) in [5.41, 5.74) is 1.34. The number of aryl methyl sites for hydroxylation is 1. The fourth-order valence-corrected chi connectivity index (χ4v) is 1.88. The van der Waals surface area contributed by atoms with E-state index in [1.54, 1.807) is 13.0 Å². The number of aromatic nitrogens is 2. The molecule has 2 aromatic rings. The number of nitrogens with zero attached hydrogens (tertiary/aromatic N) is 2. The lowest BCUT2D eigenvalue weighted by atomic mass is 10.1. The van der Waals surface area contributed by atoms with E-state index >= 15 is 0 Å². The molecule has 21 heavy (non-hydrogen) atoms. The molecule has 1 heterocycles. The highest BCUT2D eigenvalue weighted by molar-refractivity contribution is 5.89. The van der Waals surface area contributed by atoms with E-state index in [9.17, 15) is 4.79 Å². The number of anilines is 2. The number of nitrogens with one attached hydrogen (secondary N) is 2. The maximum Gasteiger partial charge on any atom is 0.225 e. The monoisotopic (exact) mass is 284 g/mol. The van der Waals surface area contributed by atoms with Crippen molar-refractivity contribution in [3.05, 3.63) is 48.0 Å². The van der Waals surface area contributed by atoms with Crippen LogP contribution in [0.1, 0.15) is 25.3 Å². The Balaban J connectivity index is 1.72. The van der Waals surface area contributed by atoms with E-state index in [0.29, 0.717) is 12.2 Å². The Kier molecular flexibility index (Phi) is 5.70. The van der Waals surface area contributed by atoms with Crippen LogP contribution < -0.4 is 10.6 Å². The molecule has 0 aliphatic rings. The van der Waals surface area contributed by atoms with Gasteiger partial charge in [0.25, 0.3) is 0 Å². The molecule has 5 nitrogen and oxygen atoms in total. The summed E-state index contributed by atoms with van der Waals surface area (Å²) >= 11 is 0. The van der Waals surface area contributed by atoms with Gasteiger partial charge in [-0.3, -0.25) is 4.79 Å². The summed E-state index contributed by atoms with van der Waals surface area (Å²) in [6.45, 7) is 2.63. The summed E-state index contributed by atoms with van der Waals surface area (Å²) in [5.74, 6) is 1.14. The van der Waals surface area contributed by atoms with Crippen LogP contribution in [-0.2, 0) is 11.2 Å². The smallest absolute Gasteiger partial charge is 0.225 e. The number of carbonyl (C=O) groups excluding carboxylic acids is 1. The lowest BCUT2D eigenvalue weighted by Gasteiger charge is -2.06. The number of rotatable bonds is 7. The van der Waals surface area contributed by atoms with Gasteiger partial charge >= 0.3 is 0 Å². The predicted molar refractivity (Wildman–Crippen MR) is 84.2 cm³/mol. The van der Waals surface area contributed by atoms with Gasteiger partial charge in [-0.1, -0.05) is 37.3 Å². The highest BCUT2D eigenvalue weighted by Crippen LogP contribution is 2.07. The average molecular weight is 284 g/mol. The standard InChI is InChI=1S/C16H20N4O/c1-2-16(21)18-15-11-10-14(19-20-15)17-12-6-9-13-7-4-3-5-8-13/h3-5,7-8,10-11H,2,6,9,12H2,1H3,(H,17,19)(H,18,20,21). The molecule has 0 aliphatic heterocycles. The molecular weight excluding hydrogens is 264 g/mol. The van der Waals surface area contributed by atoms with Crippen molar-refractivity contribution >= 4 is 17.5 Å². The molecule has 110 valence electrons. The van der Waals surface area contributed by atoms with Crippen molar-refractivity contribution < 1.29 is 4.79 Å². The molecule has 0 fully saturated rings. The van der Waals surface area contributed by atoms with Gasteiger partial charge in [0.05, 0.1) is 0 Å². The molecular formula is C16H20N4O. The summed E-state index contributed by atoms with van der Waals surface area (Å²) in [7, 11) is 0. The first kappa shape index (κ1) is 15.0. The first-order valence-corrected chi connectivity index (χ1v) is 7.19. The zero-order valence-electron chi connectivity index (χ0n) is 12.2. The highest BCUT2D eigenvalue weighted by atomic mass is 16.1. The van der Waals surface area contributed by atoms with Gasteiger partial charge in [0, 0.05) is 13.0 Å². The Labute approximate surface area is 124 Å². The van der Waals surface area contributed by atoms with Gasteiger partial charge in [0.15, 0.2) is 5.82 Å². The van der Waals surface area contributed by atoms with Crippen LogP contribution in [-0.4, -0.2) is 22.6 Å². The zero-order chi connectivity index (χ0) is 14.9. The Bertz CT molecular complexity index is 554. The predicted octanol–water partition coefficient (Wildman–Crippen LogP) is 2.87. The SMILES string of the molecule is CCC(=O)Nc1ccc(NCCCc2ccccc2)nn1. The van der Waals surface area contributed by atoms with Crippen molar-refractivity contribution in [2.45, 2.75) is 26.2 Å². The quantitative estimate of drug-likeness (QED) is 0.767. The minimum Gasteiger partial charge on any atom is -0.369 e. The van der Waals surface area contributed by atoms with Crippen LogP contribution in [0.2, 0.25) is 0 Å². The Morgan fingerprint density at radius 3 is 2.43 bits per heavy atom. The molecule has 0 saturated heterocycles. The van der Waals surface area contributed by atoms with Crippen LogP contribution in [0, 0.1) is 0 Å². The first-order chi connectivity index (χ1) is 10.3. The number of carbonyl (C=O) groups is 1. The number of hydrogen-bond acceptors (Lipinski definition) is 4. The van der Waals surface area contributed by atoms with Crippen molar-refractivity contribution in [3.63, 3.8) is 0 Å². The summed E-state index contributed by atoms with van der Waals surface area (Å²) in [6.07, 6.45) is 2.49. The summed E-state index contributed by atoms with van der Waals surface area (Å²) in [6, 6.07) is 14.0. The molecule has 1 aromatic heterocycles.